The molecule has 2 rings (SSSR count). The zero-order valence-corrected chi connectivity index (χ0v) is 5.32. The van der Waals surface area contributed by atoms with Crippen LogP contribution in [0, 0.1) is 18.3 Å². The van der Waals surface area contributed by atoms with E-state index in [-0.39, 0.29) is 0 Å². The summed E-state index contributed by atoms with van der Waals surface area (Å²) in [5, 5.41) is 0. The molecule has 2 atom stereocenters. The molecular formula is C8H13. The summed E-state index contributed by atoms with van der Waals surface area (Å²) < 4.78 is 0. The molecule has 2 fully saturated rings. The first-order valence-electron chi connectivity index (χ1n) is 3.67. The van der Waals surface area contributed by atoms with Crippen LogP contribution >= 0.6 is 0 Å². The molecule has 0 aromatic rings. The van der Waals surface area contributed by atoms with E-state index < -0.39 is 0 Å². The molecule has 2 unspecified atom stereocenters. The monoisotopic (exact) mass is 109 g/mol. The van der Waals surface area contributed by atoms with Crippen molar-refractivity contribution in [2.45, 2.75) is 32.1 Å². The Kier molecular flexibility index (Phi) is 0.778. The SMILES string of the molecule is [CH2]CC12CCCC1C2. The van der Waals surface area contributed by atoms with Crippen molar-refractivity contribution < 1.29 is 0 Å². The molecule has 0 aromatic carbocycles. The van der Waals surface area contributed by atoms with Crippen molar-refractivity contribution in [3.8, 4) is 0 Å². The standard InChI is InChI=1S/C8H13/c1-2-8-5-3-4-7(8)6-8/h7H,1-6H2. The highest BCUT2D eigenvalue weighted by atomic mass is 14.6. The molecule has 0 N–H and O–H groups in total. The second-order valence-corrected chi connectivity index (χ2v) is 3.41. The fourth-order valence-corrected chi connectivity index (χ4v) is 2.28. The Morgan fingerprint density at radius 3 is 2.75 bits per heavy atom. The number of hydrogen-bond donors (Lipinski definition) is 0. The first-order chi connectivity index (χ1) is 3.87. The van der Waals surface area contributed by atoms with Gasteiger partial charge in [-0.15, -0.1) is 0 Å². The van der Waals surface area contributed by atoms with Crippen molar-refractivity contribution >= 4 is 0 Å². The highest BCUT2D eigenvalue weighted by Crippen LogP contribution is 2.65. The molecular weight excluding hydrogens is 96.1 g/mol. The normalized spacial score (nSPS) is 51.4. The van der Waals surface area contributed by atoms with Crippen molar-refractivity contribution in [3.63, 3.8) is 0 Å². The van der Waals surface area contributed by atoms with Crippen molar-refractivity contribution in [3.05, 3.63) is 6.92 Å². The number of rotatable bonds is 1. The Morgan fingerprint density at radius 1 is 1.62 bits per heavy atom. The van der Waals surface area contributed by atoms with Crippen LogP contribution in [-0.2, 0) is 0 Å². The second kappa shape index (κ2) is 1.29. The summed E-state index contributed by atoms with van der Waals surface area (Å²) in [6.45, 7) is 3.98. The van der Waals surface area contributed by atoms with Gasteiger partial charge in [-0.25, -0.2) is 0 Å². The molecule has 2 saturated carbocycles. The molecule has 0 bridgehead atoms. The molecule has 0 saturated heterocycles. The molecule has 2 aliphatic carbocycles. The van der Waals surface area contributed by atoms with E-state index in [1.807, 2.05) is 0 Å². The third kappa shape index (κ3) is 0.416. The van der Waals surface area contributed by atoms with Gasteiger partial charge in [-0.05, 0) is 37.0 Å². The van der Waals surface area contributed by atoms with Gasteiger partial charge < -0.3 is 0 Å². The van der Waals surface area contributed by atoms with E-state index in [1.54, 1.807) is 0 Å². The lowest BCUT2D eigenvalue weighted by molar-refractivity contribution is 0.493. The Morgan fingerprint density at radius 2 is 2.50 bits per heavy atom. The fraction of sp³-hybridized carbons (Fsp3) is 0.875. The van der Waals surface area contributed by atoms with E-state index in [0.29, 0.717) is 0 Å². The molecule has 1 radical (unpaired) electrons. The Labute approximate surface area is 51.3 Å². The maximum Gasteiger partial charge on any atom is -0.0266 e. The molecule has 8 heavy (non-hydrogen) atoms. The first kappa shape index (κ1) is 4.84. The van der Waals surface area contributed by atoms with E-state index in [9.17, 15) is 0 Å². The van der Waals surface area contributed by atoms with Crippen LogP contribution in [-0.4, -0.2) is 0 Å². The van der Waals surface area contributed by atoms with Gasteiger partial charge in [-0.3, -0.25) is 0 Å². The maximum absolute atomic E-state index is 3.98. The van der Waals surface area contributed by atoms with Crippen molar-refractivity contribution in [1.82, 2.24) is 0 Å². The van der Waals surface area contributed by atoms with Gasteiger partial charge in [-0.2, -0.15) is 0 Å². The molecule has 0 aliphatic heterocycles. The van der Waals surface area contributed by atoms with E-state index in [0.717, 1.165) is 11.3 Å². The summed E-state index contributed by atoms with van der Waals surface area (Å²) in [5.41, 5.74) is 0.792. The zero-order chi connectivity index (χ0) is 5.61. The molecule has 0 nitrogen and oxygen atoms in total. The highest BCUT2D eigenvalue weighted by Gasteiger charge is 2.54. The Hall–Kier alpha value is 0. The number of fused-ring (bicyclic) bond motifs is 1. The summed E-state index contributed by atoms with van der Waals surface area (Å²) in [7, 11) is 0. The predicted octanol–water partition coefficient (Wildman–Crippen LogP) is 2.40. The van der Waals surface area contributed by atoms with Gasteiger partial charge in [0.25, 0.3) is 0 Å². The van der Waals surface area contributed by atoms with Crippen LogP contribution in [0.2, 0.25) is 0 Å². The van der Waals surface area contributed by atoms with Crippen molar-refractivity contribution in [2.75, 3.05) is 0 Å². The molecule has 2 aliphatic rings. The molecule has 0 amide bonds. The summed E-state index contributed by atoms with van der Waals surface area (Å²) in [6.07, 6.45) is 7.20. The Balaban J connectivity index is 2.08. The largest absolute Gasteiger partial charge is 0.0527 e. The minimum Gasteiger partial charge on any atom is -0.0527 e. The highest BCUT2D eigenvalue weighted by molar-refractivity contribution is 5.06. The summed E-state index contributed by atoms with van der Waals surface area (Å²) >= 11 is 0. The van der Waals surface area contributed by atoms with Crippen LogP contribution in [0.1, 0.15) is 32.1 Å². The first-order valence-corrected chi connectivity index (χ1v) is 3.67. The van der Waals surface area contributed by atoms with Crippen LogP contribution in [0.15, 0.2) is 0 Å². The van der Waals surface area contributed by atoms with E-state index in [4.69, 9.17) is 0 Å². The average molecular weight is 109 g/mol. The van der Waals surface area contributed by atoms with Crippen molar-refractivity contribution in [1.29, 1.82) is 0 Å². The van der Waals surface area contributed by atoms with Crippen molar-refractivity contribution in [2.24, 2.45) is 11.3 Å². The van der Waals surface area contributed by atoms with Crippen LogP contribution < -0.4 is 0 Å². The Bertz CT molecular complexity index is 103. The smallest absolute Gasteiger partial charge is 0.0266 e. The quantitative estimate of drug-likeness (QED) is 0.485. The summed E-state index contributed by atoms with van der Waals surface area (Å²) in [6, 6.07) is 0. The van der Waals surface area contributed by atoms with Gasteiger partial charge >= 0.3 is 0 Å². The third-order valence-electron chi connectivity index (χ3n) is 3.08. The van der Waals surface area contributed by atoms with Crippen LogP contribution in [0.5, 0.6) is 0 Å². The average Bonchev–Trinajstić information content (AvgIpc) is 2.38. The summed E-state index contributed by atoms with van der Waals surface area (Å²) in [5.74, 6) is 1.11. The molecule has 0 heteroatoms. The minimum atomic E-state index is 0.792. The van der Waals surface area contributed by atoms with Gasteiger partial charge in [0.05, 0.1) is 0 Å². The topological polar surface area (TPSA) is 0 Å². The number of hydrogen-bond acceptors (Lipinski definition) is 0. The minimum absolute atomic E-state index is 0.792. The van der Waals surface area contributed by atoms with Gasteiger partial charge in [0, 0.05) is 0 Å². The zero-order valence-electron chi connectivity index (χ0n) is 5.32. The van der Waals surface area contributed by atoms with E-state index in [2.05, 4.69) is 6.92 Å². The van der Waals surface area contributed by atoms with Gasteiger partial charge in [0.15, 0.2) is 0 Å². The lowest BCUT2D eigenvalue weighted by Gasteiger charge is -2.04. The molecule has 0 spiro atoms. The fourth-order valence-electron chi connectivity index (χ4n) is 2.28. The lowest BCUT2D eigenvalue weighted by Crippen LogP contribution is -1.93. The van der Waals surface area contributed by atoms with Crippen LogP contribution in [0.3, 0.4) is 0 Å². The van der Waals surface area contributed by atoms with E-state index in [1.165, 1.54) is 32.1 Å². The van der Waals surface area contributed by atoms with Crippen LogP contribution in [0.4, 0.5) is 0 Å². The predicted molar refractivity (Wildman–Crippen MR) is 34.4 cm³/mol. The van der Waals surface area contributed by atoms with Gasteiger partial charge in [-0.1, -0.05) is 13.3 Å². The van der Waals surface area contributed by atoms with Crippen LogP contribution in [0.25, 0.3) is 0 Å². The third-order valence-corrected chi connectivity index (χ3v) is 3.08. The lowest BCUT2D eigenvalue weighted by atomic mass is 10.0. The van der Waals surface area contributed by atoms with Gasteiger partial charge in [0.1, 0.15) is 0 Å². The second-order valence-electron chi connectivity index (χ2n) is 3.41. The van der Waals surface area contributed by atoms with Gasteiger partial charge in [0.2, 0.25) is 0 Å². The summed E-state index contributed by atoms with van der Waals surface area (Å²) in [4.78, 5) is 0. The molecule has 0 heterocycles. The van der Waals surface area contributed by atoms with E-state index >= 15 is 0 Å². The maximum atomic E-state index is 3.98. The molecule has 0 aromatic heterocycles. The molecule has 45 valence electrons.